The highest BCUT2D eigenvalue weighted by Gasteiger charge is 2.16. The van der Waals surface area contributed by atoms with Crippen LogP contribution in [0.2, 0.25) is 0 Å². The van der Waals surface area contributed by atoms with E-state index in [-0.39, 0.29) is 18.4 Å². The van der Waals surface area contributed by atoms with Crippen LogP contribution in [0.5, 0.6) is 5.75 Å². The Labute approximate surface area is 159 Å². The summed E-state index contributed by atoms with van der Waals surface area (Å²) in [6.45, 7) is -0.0271. The molecule has 3 rings (SSSR count). The number of ether oxygens (including phenoxy) is 1. The van der Waals surface area contributed by atoms with Crippen molar-refractivity contribution in [1.82, 2.24) is 9.88 Å². The van der Waals surface area contributed by atoms with Crippen molar-refractivity contribution < 1.29 is 14.3 Å². The number of benzene rings is 2. The molecule has 0 aliphatic carbocycles. The SMILES string of the molecule is CN(C)C(=O)COc1ccc(NC(=O)c2[nH]c3ccccc3c2Br)cc1. The number of hydrogen-bond donors (Lipinski definition) is 2. The number of rotatable bonds is 5. The monoisotopic (exact) mass is 415 g/mol. The second-order valence-corrected chi connectivity index (χ2v) is 6.71. The molecule has 6 nitrogen and oxygen atoms in total. The number of likely N-dealkylation sites (N-methyl/N-ethyl adjacent to an activating group) is 1. The third kappa shape index (κ3) is 3.88. The van der Waals surface area contributed by atoms with Crippen molar-refractivity contribution in [3.63, 3.8) is 0 Å². The molecule has 1 heterocycles. The molecule has 26 heavy (non-hydrogen) atoms. The van der Waals surface area contributed by atoms with Crippen LogP contribution in [-0.4, -0.2) is 42.4 Å². The number of halogens is 1. The highest BCUT2D eigenvalue weighted by Crippen LogP contribution is 2.28. The molecule has 0 saturated carbocycles. The van der Waals surface area contributed by atoms with Gasteiger partial charge in [-0.2, -0.15) is 0 Å². The van der Waals surface area contributed by atoms with E-state index in [0.717, 1.165) is 15.4 Å². The second kappa shape index (κ2) is 7.61. The van der Waals surface area contributed by atoms with Crippen LogP contribution in [-0.2, 0) is 4.79 Å². The molecule has 0 atom stereocenters. The van der Waals surface area contributed by atoms with Gasteiger partial charge in [-0.25, -0.2) is 0 Å². The summed E-state index contributed by atoms with van der Waals surface area (Å²) in [6, 6.07) is 14.5. The minimum absolute atomic E-state index is 0.0271. The van der Waals surface area contributed by atoms with Crippen LogP contribution in [0.3, 0.4) is 0 Å². The number of aromatic nitrogens is 1. The number of para-hydroxylation sites is 1. The Morgan fingerprint density at radius 1 is 1.12 bits per heavy atom. The van der Waals surface area contributed by atoms with Crippen LogP contribution in [0.15, 0.2) is 53.0 Å². The molecule has 2 amide bonds. The predicted molar refractivity (Wildman–Crippen MR) is 105 cm³/mol. The molecule has 0 saturated heterocycles. The zero-order valence-electron chi connectivity index (χ0n) is 14.4. The van der Waals surface area contributed by atoms with Gasteiger partial charge in [0, 0.05) is 30.7 Å². The standard InChI is InChI=1S/C19H18BrN3O3/c1-23(2)16(24)11-26-13-9-7-12(8-10-13)21-19(25)18-17(20)14-5-3-4-6-15(14)22-18/h3-10,22H,11H2,1-2H3,(H,21,25). The van der Waals surface area contributed by atoms with E-state index in [1.165, 1.54) is 4.90 Å². The number of hydrogen-bond acceptors (Lipinski definition) is 3. The predicted octanol–water partition coefficient (Wildman–Crippen LogP) is 3.65. The van der Waals surface area contributed by atoms with E-state index in [2.05, 4.69) is 26.2 Å². The molecule has 0 spiro atoms. The summed E-state index contributed by atoms with van der Waals surface area (Å²) in [5.41, 5.74) is 1.98. The summed E-state index contributed by atoms with van der Waals surface area (Å²) < 4.78 is 6.14. The lowest BCUT2D eigenvalue weighted by atomic mass is 10.2. The minimum atomic E-state index is -0.246. The van der Waals surface area contributed by atoms with Crippen molar-refractivity contribution in [1.29, 1.82) is 0 Å². The van der Waals surface area contributed by atoms with Gasteiger partial charge in [-0.05, 0) is 46.3 Å². The third-order valence-electron chi connectivity index (χ3n) is 3.84. The Kier molecular flexibility index (Phi) is 5.27. The number of amides is 2. The van der Waals surface area contributed by atoms with E-state index in [9.17, 15) is 9.59 Å². The Hall–Kier alpha value is -2.80. The lowest BCUT2D eigenvalue weighted by molar-refractivity contribution is -0.130. The van der Waals surface area contributed by atoms with Crippen LogP contribution in [0.1, 0.15) is 10.5 Å². The van der Waals surface area contributed by atoms with Crippen molar-refractivity contribution in [3.05, 3.63) is 58.7 Å². The van der Waals surface area contributed by atoms with E-state index in [4.69, 9.17) is 4.74 Å². The average molecular weight is 416 g/mol. The fourth-order valence-electron chi connectivity index (χ4n) is 2.37. The fraction of sp³-hybridized carbons (Fsp3) is 0.158. The maximum Gasteiger partial charge on any atom is 0.273 e. The maximum absolute atomic E-state index is 12.5. The van der Waals surface area contributed by atoms with Crippen molar-refractivity contribution in [3.8, 4) is 5.75 Å². The first-order chi connectivity index (χ1) is 12.5. The first-order valence-electron chi connectivity index (χ1n) is 7.96. The number of nitrogens with one attached hydrogen (secondary N) is 2. The highest BCUT2D eigenvalue weighted by molar-refractivity contribution is 9.10. The van der Waals surface area contributed by atoms with Gasteiger partial charge in [0.05, 0.1) is 4.47 Å². The van der Waals surface area contributed by atoms with Gasteiger partial charge in [0.2, 0.25) is 0 Å². The zero-order chi connectivity index (χ0) is 18.7. The minimum Gasteiger partial charge on any atom is -0.484 e. The number of carbonyl (C=O) groups excluding carboxylic acids is 2. The molecule has 0 radical (unpaired) electrons. The van der Waals surface area contributed by atoms with Crippen molar-refractivity contribution in [2.75, 3.05) is 26.0 Å². The Morgan fingerprint density at radius 3 is 2.46 bits per heavy atom. The smallest absolute Gasteiger partial charge is 0.273 e. The largest absolute Gasteiger partial charge is 0.484 e. The molecule has 3 aromatic rings. The van der Waals surface area contributed by atoms with Crippen LogP contribution in [0, 0.1) is 0 Å². The van der Waals surface area contributed by atoms with Gasteiger partial charge in [-0.1, -0.05) is 18.2 Å². The summed E-state index contributed by atoms with van der Waals surface area (Å²) in [5, 5.41) is 3.79. The summed E-state index contributed by atoms with van der Waals surface area (Å²) in [6.07, 6.45) is 0. The molecule has 0 bridgehead atoms. The molecule has 134 valence electrons. The summed E-state index contributed by atoms with van der Waals surface area (Å²) >= 11 is 3.48. The van der Waals surface area contributed by atoms with Gasteiger partial charge in [0.15, 0.2) is 6.61 Å². The normalized spacial score (nSPS) is 10.6. The van der Waals surface area contributed by atoms with Gasteiger partial charge in [-0.15, -0.1) is 0 Å². The number of carbonyl (C=O) groups is 2. The molecule has 0 fully saturated rings. The Balaban J connectivity index is 1.67. The van der Waals surface area contributed by atoms with E-state index < -0.39 is 0 Å². The number of anilines is 1. The Bertz CT molecular complexity index is 948. The topological polar surface area (TPSA) is 74.4 Å². The van der Waals surface area contributed by atoms with Crippen LogP contribution < -0.4 is 10.1 Å². The third-order valence-corrected chi connectivity index (χ3v) is 4.67. The summed E-state index contributed by atoms with van der Waals surface area (Å²) in [5.74, 6) is 0.195. The lowest BCUT2D eigenvalue weighted by Crippen LogP contribution is -2.27. The number of H-pyrrole nitrogens is 1. The van der Waals surface area contributed by atoms with Gasteiger partial charge < -0.3 is 19.9 Å². The quantitative estimate of drug-likeness (QED) is 0.667. The van der Waals surface area contributed by atoms with Crippen molar-refractivity contribution >= 4 is 44.3 Å². The van der Waals surface area contributed by atoms with Crippen LogP contribution >= 0.6 is 15.9 Å². The average Bonchev–Trinajstić information content (AvgIpc) is 2.98. The van der Waals surface area contributed by atoms with Crippen molar-refractivity contribution in [2.45, 2.75) is 0 Å². The van der Waals surface area contributed by atoms with E-state index in [1.807, 2.05) is 24.3 Å². The Morgan fingerprint density at radius 2 is 1.81 bits per heavy atom. The van der Waals surface area contributed by atoms with Crippen LogP contribution in [0.4, 0.5) is 5.69 Å². The van der Waals surface area contributed by atoms with E-state index in [0.29, 0.717) is 17.1 Å². The first-order valence-corrected chi connectivity index (χ1v) is 8.75. The highest BCUT2D eigenvalue weighted by atomic mass is 79.9. The molecular weight excluding hydrogens is 398 g/mol. The van der Waals surface area contributed by atoms with Gasteiger partial charge >= 0.3 is 0 Å². The zero-order valence-corrected chi connectivity index (χ0v) is 16.0. The van der Waals surface area contributed by atoms with Crippen molar-refractivity contribution in [2.24, 2.45) is 0 Å². The number of nitrogens with zero attached hydrogens (tertiary/aromatic N) is 1. The number of fused-ring (bicyclic) bond motifs is 1. The molecule has 2 N–H and O–H groups in total. The number of aromatic amines is 1. The molecule has 2 aromatic carbocycles. The summed E-state index contributed by atoms with van der Waals surface area (Å²) in [7, 11) is 3.35. The van der Waals surface area contributed by atoms with Crippen LogP contribution in [0.25, 0.3) is 10.9 Å². The molecule has 0 unspecified atom stereocenters. The molecule has 1 aromatic heterocycles. The fourth-order valence-corrected chi connectivity index (χ4v) is 2.99. The van der Waals surface area contributed by atoms with Gasteiger partial charge in [0.25, 0.3) is 11.8 Å². The summed E-state index contributed by atoms with van der Waals surface area (Å²) in [4.78, 5) is 28.6. The van der Waals surface area contributed by atoms with Gasteiger partial charge in [0.1, 0.15) is 11.4 Å². The van der Waals surface area contributed by atoms with E-state index in [1.54, 1.807) is 38.4 Å². The molecule has 0 aliphatic heterocycles. The maximum atomic E-state index is 12.5. The van der Waals surface area contributed by atoms with Gasteiger partial charge in [-0.3, -0.25) is 9.59 Å². The molecular formula is C19H18BrN3O3. The lowest BCUT2D eigenvalue weighted by Gasteiger charge is -2.11. The molecule has 7 heteroatoms. The van der Waals surface area contributed by atoms with E-state index >= 15 is 0 Å². The second-order valence-electron chi connectivity index (χ2n) is 5.91. The first kappa shape index (κ1) is 18.0. The molecule has 0 aliphatic rings.